The molecular weight excluding hydrogens is 330 g/mol. The SMILES string of the molecule is Cn1ncc2c(N)nc(N3CCC(c4nnc5ccccn45)CC3)nc21. The third kappa shape index (κ3) is 2.27. The molecule has 4 aromatic rings. The molecule has 1 saturated heterocycles. The van der Waals surface area contributed by atoms with Gasteiger partial charge in [-0.15, -0.1) is 10.2 Å². The molecule has 9 heteroatoms. The number of aromatic nitrogens is 7. The van der Waals surface area contributed by atoms with Gasteiger partial charge < -0.3 is 10.6 Å². The minimum atomic E-state index is 0.376. The lowest BCUT2D eigenvalue weighted by atomic mass is 9.96. The molecule has 4 aromatic heterocycles. The van der Waals surface area contributed by atoms with Crippen LogP contribution in [-0.2, 0) is 7.05 Å². The van der Waals surface area contributed by atoms with Crippen molar-refractivity contribution in [2.24, 2.45) is 7.05 Å². The van der Waals surface area contributed by atoms with E-state index in [0.29, 0.717) is 17.7 Å². The van der Waals surface area contributed by atoms with Gasteiger partial charge in [-0.3, -0.25) is 9.08 Å². The minimum Gasteiger partial charge on any atom is -0.383 e. The van der Waals surface area contributed by atoms with Crippen molar-refractivity contribution < 1.29 is 0 Å². The highest BCUT2D eigenvalue weighted by atomic mass is 15.3. The number of hydrogen-bond acceptors (Lipinski definition) is 7. The summed E-state index contributed by atoms with van der Waals surface area (Å²) in [5.41, 5.74) is 7.74. The zero-order valence-corrected chi connectivity index (χ0v) is 14.4. The van der Waals surface area contributed by atoms with Crippen LogP contribution in [0.5, 0.6) is 0 Å². The summed E-state index contributed by atoms with van der Waals surface area (Å²) < 4.78 is 3.81. The molecule has 5 rings (SSSR count). The van der Waals surface area contributed by atoms with Crippen LogP contribution in [0.4, 0.5) is 11.8 Å². The van der Waals surface area contributed by atoms with Gasteiger partial charge in [0.25, 0.3) is 0 Å². The van der Waals surface area contributed by atoms with E-state index in [2.05, 4.69) is 34.6 Å². The molecule has 0 atom stereocenters. The molecule has 0 aliphatic carbocycles. The molecule has 5 heterocycles. The molecule has 1 aliphatic heterocycles. The molecule has 9 nitrogen and oxygen atoms in total. The molecule has 2 N–H and O–H groups in total. The maximum absolute atomic E-state index is 6.09. The van der Waals surface area contributed by atoms with E-state index in [1.165, 1.54) is 0 Å². The molecule has 1 aliphatic rings. The molecule has 132 valence electrons. The monoisotopic (exact) mass is 349 g/mol. The second-order valence-electron chi connectivity index (χ2n) is 6.66. The second kappa shape index (κ2) is 5.65. The van der Waals surface area contributed by atoms with Crippen LogP contribution in [0.2, 0.25) is 0 Å². The average molecular weight is 349 g/mol. The van der Waals surface area contributed by atoms with Crippen LogP contribution in [0.1, 0.15) is 24.6 Å². The van der Waals surface area contributed by atoms with Crippen LogP contribution in [-0.4, -0.2) is 47.4 Å². The molecule has 26 heavy (non-hydrogen) atoms. The van der Waals surface area contributed by atoms with Gasteiger partial charge in [-0.1, -0.05) is 6.07 Å². The van der Waals surface area contributed by atoms with E-state index in [0.717, 1.165) is 48.4 Å². The van der Waals surface area contributed by atoms with Crippen LogP contribution in [0, 0.1) is 0 Å². The largest absolute Gasteiger partial charge is 0.383 e. The fourth-order valence-electron chi connectivity index (χ4n) is 3.65. The van der Waals surface area contributed by atoms with Crippen LogP contribution in [0.15, 0.2) is 30.6 Å². The lowest BCUT2D eigenvalue weighted by molar-refractivity contribution is 0.478. The lowest BCUT2D eigenvalue weighted by Gasteiger charge is -2.31. The zero-order chi connectivity index (χ0) is 17.7. The number of fused-ring (bicyclic) bond motifs is 2. The Kier molecular flexibility index (Phi) is 3.27. The Balaban J connectivity index is 1.39. The number of piperidine rings is 1. The first-order chi connectivity index (χ1) is 12.7. The van der Waals surface area contributed by atoms with Gasteiger partial charge in [-0.05, 0) is 25.0 Å². The summed E-state index contributed by atoms with van der Waals surface area (Å²) in [6.07, 6.45) is 5.68. The highest BCUT2D eigenvalue weighted by Gasteiger charge is 2.26. The fraction of sp³-hybridized carbons (Fsp3) is 0.353. The number of anilines is 2. The van der Waals surface area contributed by atoms with E-state index in [1.807, 2.05) is 31.4 Å². The molecule has 0 unspecified atom stereocenters. The number of pyridine rings is 1. The van der Waals surface area contributed by atoms with Gasteiger partial charge in [0.1, 0.15) is 11.6 Å². The Hall–Kier alpha value is -3.23. The Morgan fingerprint density at radius 3 is 2.81 bits per heavy atom. The standard InChI is InChI=1S/C17H19N9/c1-24-16-12(10-19-24)14(18)20-17(21-16)25-8-5-11(6-9-25)15-23-22-13-4-2-3-7-26(13)15/h2-4,7,10-11H,5-6,8-9H2,1H3,(H2,18,20,21). The van der Waals surface area contributed by atoms with Gasteiger partial charge in [0, 0.05) is 32.3 Å². The molecule has 0 aromatic carbocycles. The fourth-order valence-corrected chi connectivity index (χ4v) is 3.65. The van der Waals surface area contributed by atoms with E-state index in [1.54, 1.807) is 10.9 Å². The second-order valence-corrected chi connectivity index (χ2v) is 6.66. The number of rotatable bonds is 2. The maximum atomic E-state index is 6.09. The van der Waals surface area contributed by atoms with E-state index in [4.69, 9.17) is 5.73 Å². The molecule has 0 saturated carbocycles. The van der Waals surface area contributed by atoms with E-state index in [9.17, 15) is 0 Å². The van der Waals surface area contributed by atoms with Gasteiger partial charge in [0.15, 0.2) is 11.3 Å². The van der Waals surface area contributed by atoms with Gasteiger partial charge in [0.05, 0.1) is 11.6 Å². The normalized spacial score (nSPS) is 16.0. The number of nitrogen functional groups attached to an aromatic ring is 1. The van der Waals surface area contributed by atoms with Crippen molar-refractivity contribution in [2.45, 2.75) is 18.8 Å². The quantitative estimate of drug-likeness (QED) is 0.583. The Bertz CT molecular complexity index is 1090. The predicted molar refractivity (Wildman–Crippen MR) is 97.9 cm³/mol. The minimum absolute atomic E-state index is 0.376. The average Bonchev–Trinajstić information content (AvgIpc) is 3.26. The number of aryl methyl sites for hydroxylation is 1. The Morgan fingerprint density at radius 1 is 1.12 bits per heavy atom. The maximum Gasteiger partial charge on any atom is 0.229 e. The highest BCUT2D eigenvalue weighted by molar-refractivity contribution is 5.86. The molecule has 0 amide bonds. The number of hydrogen-bond donors (Lipinski definition) is 1. The summed E-state index contributed by atoms with van der Waals surface area (Å²) in [5, 5.41) is 13.7. The van der Waals surface area contributed by atoms with Crippen LogP contribution < -0.4 is 10.6 Å². The smallest absolute Gasteiger partial charge is 0.229 e. The van der Waals surface area contributed by atoms with Gasteiger partial charge >= 0.3 is 0 Å². The molecule has 0 radical (unpaired) electrons. The lowest BCUT2D eigenvalue weighted by Crippen LogP contribution is -2.34. The zero-order valence-electron chi connectivity index (χ0n) is 14.4. The van der Waals surface area contributed by atoms with Crippen molar-refractivity contribution in [1.29, 1.82) is 0 Å². The number of nitrogens with zero attached hydrogens (tertiary/aromatic N) is 8. The summed E-state index contributed by atoms with van der Waals surface area (Å²) in [6.45, 7) is 1.71. The van der Waals surface area contributed by atoms with Crippen molar-refractivity contribution in [3.63, 3.8) is 0 Å². The van der Waals surface area contributed by atoms with Crippen LogP contribution in [0.3, 0.4) is 0 Å². The predicted octanol–water partition coefficient (Wildman–Crippen LogP) is 1.37. The van der Waals surface area contributed by atoms with Crippen molar-refractivity contribution in [2.75, 3.05) is 23.7 Å². The first-order valence-corrected chi connectivity index (χ1v) is 8.70. The molecule has 0 bridgehead atoms. The van der Waals surface area contributed by atoms with Crippen molar-refractivity contribution in [1.82, 2.24) is 34.3 Å². The summed E-state index contributed by atoms with van der Waals surface area (Å²) in [6, 6.07) is 5.97. The van der Waals surface area contributed by atoms with Crippen molar-refractivity contribution >= 4 is 28.4 Å². The Morgan fingerprint density at radius 2 is 1.96 bits per heavy atom. The summed E-state index contributed by atoms with van der Waals surface area (Å²) in [4.78, 5) is 11.3. The molecule has 0 spiro atoms. The highest BCUT2D eigenvalue weighted by Crippen LogP contribution is 2.29. The topological polar surface area (TPSA) is 103 Å². The van der Waals surface area contributed by atoms with Gasteiger partial charge in [0.2, 0.25) is 5.95 Å². The summed E-state index contributed by atoms with van der Waals surface area (Å²) in [7, 11) is 1.86. The third-order valence-corrected chi connectivity index (χ3v) is 5.09. The third-order valence-electron chi connectivity index (χ3n) is 5.09. The van der Waals surface area contributed by atoms with E-state index in [-0.39, 0.29) is 0 Å². The van der Waals surface area contributed by atoms with Crippen molar-refractivity contribution in [3.8, 4) is 0 Å². The summed E-state index contributed by atoms with van der Waals surface area (Å²) >= 11 is 0. The molecule has 1 fully saturated rings. The Labute approximate surface area is 149 Å². The van der Waals surface area contributed by atoms with E-state index < -0.39 is 0 Å². The number of nitrogens with two attached hydrogens (primary N) is 1. The first-order valence-electron chi connectivity index (χ1n) is 8.70. The van der Waals surface area contributed by atoms with Crippen LogP contribution >= 0.6 is 0 Å². The first kappa shape index (κ1) is 15.1. The molecular formula is C17H19N9. The summed E-state index contributed by atoms with van der Waals surface area (Å²) in [5.74, 6) is 2.55. The van der Waals surface area contributed by atoms with Crippen molar-refractivity contribution in [3.05, 3.63) is 36.4 Å². The van der Waals surface area contributed by atoms with Crippen LogP contribution in [0.25, 0.3) is 16.7 Å². The van der Waals surface area contributed by atoms with Gasteiger partial charge in [-0.25, -0.2) is 0 Å². The van der Waals surface area contributed by atoms with Gasteiger partial charge in [-0.2, -0.15) is 15.1 Å². The van der Waals surface area contributed by atoms with E-state index >= 15 is 0 Å².